The zero-order chi connectivity index (χ0) is 28.4. The van der Waals surface area contributed by atoms with Gasteiger partial charge in [0.05, 0.1) is 26.1 Å². The quantitative estimate of drug-likeness (QED) is 0.287. The summed E-state index contributed by atoms with van der Waals surface area (Å²) in [6, 6.07) is 12.8. The Hall–Kier alpha value is -2.64. The average Bonchev–Trinajstić information content (AvgIpc) is 2.94. The number of thioether (sulfide) groups is 1. The topological polar surface area (TPSA) is 83.5 Å². The van der Waals surface area contributed by atoms with Gasteiger partial charge in [-0.3, -0.25) is 9.28 Å². The molecule has 1 aliphatic rings. The van der Waals surface area contributed by atoms with E-state index in [-0.39, 0.29) is 5.91 Å². The van der Waals surface area contributed by atoms with Gasteiger partial charge < -0.3 is 10.4 Å². The number of carbonyl (C=O) groups is 3. The summed E-state index contributed by atoms with van der Waals surface area (Å²) in [6.45, 7) is 5.02. The second kappa shape index (κ2) is 14.7. The number of carboxylic acids is 1. The van der Waals surface area contributed by atoms with Crippen molar-refractivity contribution in [2.24, 2.45) is 0 Å². The summed E-state index contributed by atoms with van der Waals surface area (Å²) in [6.07, 6.45) is 10.5. The van der Waals surface area contributed by atoms with Crippen LogP contribution in [0.2, 0.25) is 0 Å². The van der Waals surface area contributed by atoms with E-state index in [1.807, 2.05) is 49.6 Å². The molecule has 1 saturated carbocycles. The number of aliphatic carboxylic acids is 1. The Labute approximate surface area is 238 Å². The first kappa shape index (κ1) is 30.9. The third-order valence-corrected chi connectivity index (χ3v) is 8.90. The number of carboxylic acid groups (broad SMARTS) is 1. The van der Waals surface area contributed by atoms with Crippen molar-refractivity contribution in [2.45, 2.75) is 83.7 Å². The summed E-state index contributed by atoms with van der Waals surface area (Å²) in [4.78, 5) is 39.1. The number of nitrogens with one attached hydrogen (secondary N) is 1. The second-order valence-corrected chi connectivity index (χ2v) is 12.0. The Morgan fingerprint density at radius 1 is 1.08 bits per heavy atom. The number of amides is 2. The molecule has 2 N–H and O–H groups in total. The van der Waals surface area contributed by atoms with Crippen molar-refractivity contribution in [1.29, 1.82) is 0 Å². The van der Waals surface area contributed by atoms with Gasteiger partial charge in [0, 0.05) is 5.56 Å². The number of carbonyl (C=O) groups excluding carboxylic acids is 2. The molecule has 0 aromatic heterocycles. The summed E-state index contributed by atoms with van der Waals surface area (Å²) >= 11 is 1.55. The van der Waals surface area contributed by atoms with Crippen LogP contribution >= 0.6 is 11.8 Å². The van der Waals surface area contributed by atoms with Gasteiger partial charge >= 0.3 is 11.9 Å². The first-order valence-corrected chi connectivity index (χ1v) is 15.7. The van der Waals surface area contributed by atoms with E-state index in [2.05, 4.69) is 19.3 Å². The number of unbranched alkanes of at least 4 members (excludes halogenated alkanes) is 1. The Kier molecular flexibility index (Phi) is 11.6. The molecule has 0 spiro atoms. The van der Waals surface area contributed by atoms with Crippen molar-refractivity contribution in [3.63, 3.8) is 0 Å². The van der Waals surface area contributed by atoms with Gasteiger partial charge in [-0.2, -0.15) is 11.8 Å². The molecule has 2 aromatic carbocycles. The van der Waals surface area contributed by atoms with Crippen LogP contribution in [0.15, 0.2) is 42.5 Å². The van der Waals surface area contributed by atoms with Crippen molar-refractivity contribution in [3.8, 4) is 11.1 Å². The van der Waals surface area contributed by atoms with Crippen LogP contribution in [0.5, 0.6) is 0 Å². The highest BCUT2D eigenvalue weighted by Crippen LogP contribution is 2.31. The lowest BCUT2D eigenvalue weighted by molar-refractivity contribution is -0.862. The zero-order valence-corrected chi connectivity index (χ0v) is 24.8. The fourth-order valence-corrected chi connectivity index (χ4v) is 6.20. The summed E-state index contributed by atoms with van der Waals surface area (Å²) in [5.74, 6) is -0.584. The number of hydrogen-bond donors (Lipinski definition) is 2. The van der Waals surface area contributed by atoms with Gasteiger partial charge in [0.1, 0.15) is 6.04 Å². The van der Waals surface area contributed by atoms with E-state index >= 15 is 0 Å². The third kappa shape index (κ3) is 7.95. The molecule has 2 amide bonds. The van der Waals surface area contributed by atoms with Gasteiger partial charge in [0.2, 0.25) is 0 Å². The molecule has 212 valence electrons. The molecule has 7 heteroatoms. The van der Waals surface area contributed by atoms with Gasteiger partial charge in [-0.25, -0.2) is 9.59 Å². The van der Waals surface area contributed by atoms with E-state index in [1.165, 1.54) is 19.3 Å². The van der Waals surface area contributed by atoms with Crippen LogP contribution in [0.25, 0.3) is 11.1 Å². The largest absolute Gasteiger partial charge is 0.480 e. The molecule has 0 bridgehead atoms. The van der Waals surface area contributed by atoms with Crippen LogP contribution in [0, 0.1) is 6.92 Å². The van der Waals surface area contributed by atoms with Crippen LogP contribution in [-0.4, -0.2) is 65.1 Å². The molecular weight excluding hydrogens is 508 g/mol. The standard InChI is InChI=1S/C32H44N2O4S/c1-5-6-19-34(3,25-13-8-7-9-14-25)30(35)22-24-16-17-27(28(21-24)26-15-11-10-12-23(26)2)31(36)33-29(32(37)38)18-20-39-4/h10-12,15-17,21,25,29H,5-9,13-14,18-20,22H2,1-4H3,(H-,33,36,37,38)/p+1/t29-,34?/m0/s1. The smallest absolute Gasteiger partial charge is 0.326 e. The molecule has 1 unspecified atom stereocenters. The molecule has 0 saturated heterocycles. The van der Waals surface area contributed by atoms with Crippen molar-refractivity contribution in [2.75, 3.05) is 25.6 Å². The first-order valence-electron chi connectivity index (χ1n) is 14.3. The molecular formula is C32H45N2O4S+. The minimum Gasteiger partial charge on any atom is -0.480 e. The summed E-state index contributed by atoms with van der Waals surface area (Å²) in [5, 5.41) is 12.4. The molecule has 2 aromatic rings. The monoisotopic (exact) mass is 553 g/mol. The van der Waals surface area contributed by atoms with E-state index in [4.69, 9.17) is 0 Å². The van der Waals surface area contributed by atoms with Crippen LogP contribution in [0.1, 0.15) is 79.8 Å². The second-order valence-electron chi connectivity index (χ2n) is 11.0. The predicted octanol–water partition coefficient (Wildman–Crippen LogP) is 6.25. The minimum absolute atomic E-state index is 0.228. The number of aryl methyl sites for hydroxylation is 1. The molecule has 1 aliphatic carbocycles. The summed E-state index contributed by atoms with van der Waals surface area (Å²) in [7, 11) is 2.12. The molecule has 39 heavy (non-hydrogen) atoms. The maximum Gasteiger partial charge on any atom is 0.326 e. The summed E-state index contributed by atoms with van der Waals surface area (Å²) in [5.41, 5.74) is 3.95. The van der Waals surface area contributed by atoms with Gasteiger partial charge in [0.15, 0.2) is 0 Å². The lowest BCUT2D eigenvalue weighted by Gasteiger charge is -2.41. The molecule has 2 atom stereocenters. The molecule has 0 radical (unpaired) electrons. The van der Waals surface area contributed by atoms with Crippen molar-refractivity contribution in [3.05, 3.63) is 59.2 Å². The first-order chi connectivity index (χ1) is 18.7. The fourth-order valence-electron chi connectivity index (χ4n) is 5.73. The third-order valence-electron chi connectivity index (χ3n) is 8.26. The molecule has 6 nitrogen and oxygen atoms in total. The normalized spacial score (nSPS) is 16.3. The maximum absolute atomic E-state index is 13.9. The highest BCUT2D eigenvalue weighted by molar-refractivity contribution is 7.98. The number of quaternary nitrogens is 1. The number of nitrogens with zero attached hydrogens (tertiary/aromatic N) is 1. The Morgan fingerprint density at radius 2 is 1.79 bits per heavy atom. The highest BCUT2D eigenvalue weighted by atomic mass is 32.2. The van der Waals surface area contributed by atoms with Crippen LogP contribution in [-0.2, 0) is 16.0 Å². The van der Waals surface area contributed by atoms with Gasteiger partial charge in [-0.05, 0) is 91.8 Å². The lowest BCUT2D eigenvalue weighted by Crippen LogP contribution is -2.58. The number of likely N-dealkylation sites (N-methyl/N-ethyl adjacent to an activating group) is 1. The molecule has 0 aliphatic heterocycles. The zero-order valence-electron chi connectivity index (χ0n) is 24.0. The van der Waals surface area contributed by atoms with Crippen molar-refractivity contribution < 1.29 is 24.0 Å². The average molecular weight is 554 g/mol. The molecule has 3 rings (SSSR count). The van der Waals surface area contributed by atoms with Crippen LogP contribution in [0.3, 0.4) is 0 Å². The number of hydrogen-bond acceptors (Lipinski definition) is 4. The van der Waals surface area contributed by atoms with Gasteiger partial charge in [0.25, 0.3) is 5.91 Å². The van der Waals surface area contributed by atoms with Gasteiger partial charge in [-0.15, -0.1) is 0 Å². The van der Waals surface area contributed by atoms with Crippen LogP contribution < -0.4 is 5.32 Å². The van der Waals surface area contributed by atoms with E-state index in [1.54, 1.807) is 17.8 Å². The minimum atomic E-state index is -1.04. The maximum atomic E-state index is 13.9. The molecule has 1 fully saturated rings. The SMILES string of the molecule is CCCC[N+](C)(C(=O)Cc1ccc(C(=O)N[C@@H](CCSC)C(=O)O)c(-c2ccccc2C)c1)C1CCCCC1. The van der Waals surface area contributed by atoms with E-state index in [0.717, 1.165) is 54.5 Å². The summed E-state index contributed by atoms with van der Waals surface area (Å²) < 4.78 is 0.478. The van der Waals surface area contributed by atoms with Crippen molar-refractivity contribution in [1.82, 2.24) is 5.32 Å². The lowest BCUT2D eigenvalue weighted by atomic mass is 9.90. The van der Waals surface area contributed by atoms with E-state index in [0.29, 0.717) is 34.7 Å². The number of rotatable bonds is 13. The fraction of sp³-hybridized carbons (Fsp3) is 0.531. The van der Waals surface area contributed by atoms with E-state index in [9.17, 15) is 19.5 Å². The van der Waals surface area contributed by atoms with Crippen molar-refractivity contribution >= 4 is 29.5 Å². The Bertz CT molecular complexity index is 1140. The Balaban J connectivity index is 1.95. The predicted molar refractivity (Wildman–Crippen MR) is 160 cm³/mol. The highest BCUT2D eigenvalue weighted by Gasteiger charge is 2.40. The van der Waals surface area contributed by atoms with E-state index < -0.39 is 17.9 Å². The number of benzene rings is 2. The molecule has 0 heterocycles. The van der Waals surface area contributed by atoms with Gasteiger partial charge in [-0.1, -0.05) is 50.1 Å². The Morgan fingerprint density at radius 3 is 2.44 bits per heavy atom. The van der Waals surface area contributed by atoms with Crippen LogP contribution in [0.4, 0.5) is 0 Å².